The van der Waals surface area contributed by atoms with E-state index in [1.54, 1.807) is 12.4 Å². The predicted octanol–water partition coefficient (Wildman–Crippen LogP) is 1.85. The van der Waals surface area contributed by atoms with Gasteiger partial charge in [-0.3, -0.25) is 9.69 Å². The van der Waals surface area contributed by atoms with E-state index in [4.69, 9.17) is 11.6 Å². The molecule has 0 aromatic carbocycles. The molecule has 9 nitrogen and oxygen atoms in total. The monoisotopic (exact) mass is 444 g/mol. The van der Waals surface area contributed by atoms with Gasteiger partial charge in [-0.15, -0.1) is 0 Å². The first-order valence-corrected chi connectivity index (χ1v) is 11.4. The molecular formula is C21H29ClN8O. The smallest absolute Gasteiger partial charge is 0.271 e. The summed E-state index contributed by atoms with van der Waals surface area (Å²) in [4.78, 5) is 36.7. The van der Waals surface area contributed by atoms with E-state index < -0.39 is 0 Å². The summed E-state index contributed by atoms with van der Waals surface area (Å²) in [7, 11) is 0. The summed E-state index contributed by atoms with van der Waals surface area (Å²) >= 11 is 6.20. The summed E-state index contributed by atoms with van der Waals surface area (Å²) in [6.07, 6.45) is 9.43. The quantitative estimate of drug-likeness (QED) is 0.647. The van der Waals surface area contributed by atoms with Crippen LogP contribution in [0.4, 0.5) is 11.9 Å². The van der Waals surface area contributed by atoms with Crippen molar-refractivity contribution in [1.82, 2.24) is 30.2 Å². The molecule has 1 amide bonds. The number of aromatic nitrogens is 4. The molecule has 2 aliphatic rings. The number of carbonyl (C=O) groups is 1. The highest BCUT2D eigenvalue weighted by Gasteiger charge is 2.20. The lowest BCUT2D eigenvalue weighted by molar-refractivity contribution is 0.0946. The van der Waals surface area contributed by atoms with Gasteiger partial charge in [0.15, 0.2) is 5.69 Å². The molecule has 2 fully saturated rings. The van der Waals surface area contributed by atoms with Crippen LogP contribution < -0.4 is 15.1 Å². The van der Waals surface area contributed by atoms with Crippen molar-refractivity contribution in [2.45, 2.75) is 25.7 Å². The first-order valence-electron chi connectivity index (χ1n) is 11.0. The maximum atomic E-state index is 12.6. The molecule has 166 valence electrons. The molecule has 0 unspecified atom stereocenters. The summed E-state index contributed by atoms with van der Waals surface area (Å²) in [5, 5.41) is 3.24. The second kappa shape index (κ2) is 10.7. The summed E-state index contributed by atoms with van der Waals surface area (Å²) in [6, 6.07) is 1.83. The van der Waals surface area contributed by atoms with Gasteiger partial charge in [-0.1, -0.05) is 11.6 Å². The van der Waals surface area contributed by atoms with Crippen molar-refractivity contribution in [3.05, 3.63) is 35.4 Å². The largest absolute Gasteiger partial charge is 0.351 e. The van der Waals surface area contributed by atoms with Gasteiger partial charge in [-0.25, -0.2) is 19.9 Å². The highest BCUT2D eigenvalue weighted by molar-refractivity contribution is 6.33. The van der Waals surface area contributed by atoms with Crippen LogP contribution in [0.2, 0.25) is 5.02 Å². The fourth-order valence-electron chi connectivity index (χ4n) is 3.98. The van der Waals surface area contributed by atoms with Crippen LogP contribution in [0, 0.1) is 0 Å². The highest BCUT2D eigenvalue weighted by atomic mass is 35.5. The fourth-order valence-corrected chi connectivity index (χ4v) is 4.15. The van der Waals surface area contributed by atoms with Gasteiger partial charge in [0.25, 0.3) is 5.91 Å². The maximum absolute atomic E-state index is 12.6. The van der Waals surface area contributed by atoms with Crippen LogP contribution in [0.5, 0.6) is 0 Å². The first-order chi connectivity index (χ1) is 15.2. The molecule has 31 heavy (non-hydrogen) atoms. The van der Waals surface area contributed by atoms with Gasteiger partial charge in [0.2, 0.25) is 11.9 Å². The fraction of sp³-hybridized carbons (Fsp3) is 0.571. The van der Waals surface area contributed by atoms with E-state index in [0.29, 0.717) is 12.5 Å². The molecule has 0 spiro atoms. The van der Waals surface area contributed by atoms with Crippen LogP contribution in [0.25, 0.3) is 0 Å². The van der Waals surface area contributed by atoms with Crippen molar-refractivity contribution in [2.75, 3.05) is 62.2 Å². The van der Waals surface area contributed by atoms with Gasteiger partial charge in [-0.05, 0) is 38.3 Å². The average molecular weight is 445 g/mol. The van der Waals surface area contributed by atoms with Crippen LogP contribution >= 0.6 is 11.6 Å². The third kappa shape index (κ3) is 5.80. The Hall–Kier alpha value is -2.52. The topological polar surface area (TPSA) is 90.4 Å². The van der Waals surface area contributed by atoms with Gasteiger partial charge in [0.1, 0.15) is 0 Å². The standard InChI is InChI=1S/C21H29ClN8O/c22-17-16-26-21(29-10-2-1-3-11-29)27-18(17)19(31)23-8-5-9-28-12-14-30(15-13-28)20-24-6-4-7-25-20/h4,6-7,16H,1-3,5,8-15H2,(H,23,31). The molecule has 0 radical (unpaired) electrons. The third-order valence-corrected chi connectivity index (χ3v) is 6.01. The Morgan fingerprint density at radius 1 is 0.935 bits per heavy atom. The number of anilines is 2. The number of piperazine rings is 1. The minimum absolute atomic E-state index is 0.239. The highest BCUT2D eigenvalue weighted by Crippen LogP contribution is 2.19. The van der Waals surface area contributed by atoms with Crippen LogP contribution in [-0.2, 0) is 0 Å². The Labute approximate surface area is 187 Å². The SMILES string of the molecule is O=C(NCCCN1CCN(c2ncccn2)CC1)c1nc(N2CCCCC2)ncc1Cl. The molecule has 4 rings (SSSR count). The number of carbonyl (C=O) groups excluding carboxylic acids is 1. The molecule has 2 saturated heterocycles. The number of nitrogens with one attached hydrogen (secondary N) is 1. The van der Waals surface area contributed by atoms with Crippen LogP contribution in [0.15, 0.2) is 24.7 Å². The van der Waals surface area contributed by atoms with Gasteiger partial charge in [0.05, 0.1) is 11.2 Å². The summed E-state index contributed by atoms with van der Waals surface area (Å²) < 4.78 is 0. The van der Waals surface area contributed by atoms with Crippen molar-refractivity contribution in [3.63, 3.8) is 0 Å². The van der Waals surface area contributed by atoms with E-state index in [0.717, 1.165) is 71.0 Å². The Balaban J connectivity index is 1.20. The molecule has 1 N–H and O–H groups in total. The number of hydrogen-bond donors (Lipinski definition) is 1. The van der Waals surface area contributed by atoms with Crippen molar-refractivity contribution < 1.29 is 4.79 Å². The van der Waals surface area contributed by atoms with Gasteiger partial charge in [-0.2, -0.15) is 0 Å². The Morgan fingerprint density at radius 3 is 2.39 bits per heavy atom. The number of hydrogen-bond acceptors (Lipinski definition) is 8. The molecule has 4 heterocycles. The van der Waals surface area contributed by atoms with E-state index in [1.807, 2.05) is 6.07 Å². The lowest BCUT2D eigenvalue weighted by atomic mass is 10.1. The molecule has 0 atom stereocenters. The zero-order valence-electron chi connectivity index (χ0n) is 17.7. The lowest BCUT2D eigenvalue weighted by Gasteiger charge is -2.34. The normalized spacial score (nSPS) is 17.6. The van der Waals surface area contributed by atoms with Gasteiger partial charge in [0, 0.05) is 58.2 Å². The first kappa shape index (κ1) is 21.7. The second-order valence-electron chi connectivity index (χ2n) is 7.90. The molecule has 0 aliphatic carbocycles. The minimum Gasteiger partial charge on any atom is -0.351 e. The third-order valence-electron chi connectivity index (χ3n) is 5.73. The van der Waals surface area contributed by atoms with Crippen molar-refractivity contribution in [3.8, 4) is 0 Å². The number of halogens is 1. The van der Waals surface area contributed by atoms with Crippen molar-refractivity contribution >= 4 is 29.4 Å². The molecule has 2 aromatic heterocycles. The predicted molar refractivity (Wildman–Crippen MR) is 121 cm³/mol. The Bertz CT molecular complexity index is 854. The molecule has 0 saturated carbocycles. The average Bonchev–Trinajstić information content (AvgIpc) is 2.83. The summed E-state index contributed by atoms with van der Waals surface area (Å²) in [5.41, 5.74) is 0.258. The summed E-state index contributed by atoms with van der Waals surface area (Å²) in [6.45, 7) is 7.10. The van der Waals surface area contributed by atoms with Gasteiger partial charge < -0.3 is 15.1 Å². The molecule has 10 heteroatoms. The van der Waals surface area contributed by atoms with Crippen molar-refractivity contribution in [2.24, 2.45) is 0 Å². The van der Waals surface area contributed by atoms with E-state index in [1.165, 1.54) is 12.6 Å². The van der Waals surface area contributed by atoms with E-state index in [2.05, 4.69) is 40.0 Å². The zero-order chi connectivity index (χ0) is 21.5. The molecule has 2 aromatic rings. The minimum atomic E-state index is -0.239. The van der Waals surface area contributed by atoms with Crippen molar-refractivity contribution in [1.29, 1.82) is 0 Å². The Kier molecular flexibility index (Phi) is 7.48. The number of nitrogens with zero attached hydrogens (tertiary/aromatic N) is 7. The maximum Gasteiger partial charge on any atom is 0.271 e. The van der Waals surface area contributed by atoms with E-state index in [9.17, 15) is 4.79 Å². The van der Waals surface area contributed by atoms with Crippen LogP contribution in [-0.4, -0.2) is 83.1 Å². The molecular weight excluding hydrogens is 416 g/mol. The second-order valence-corrected chi connectivity index (χ2v) is 8.31. The van der Waals surface area contributed by atoms with Gasteiger partial charge >= 0.3 is 0 Å². The van der Waals surface area contributed by atoms with Crippen LogP contribution in [0.3, 0.4) is 0 Å². The summed E-state index contributed by atoms with van der Waals surface area (Å²) in [5.74, 6) is 1.14. The number of piperidine rings is 1. The number of rotatable bonds is 7. The Morgan fingerprint density at radius 2 is 1.65 bits per heavy atom. The lowest BCUT2D eigenvalue weighted by Crippen LogP contribution is -2.47. The number of amides is 1. The molecule has 0 bridgehead atoms. The zero-order valence-corrected chi connectivity index (χ0v) is 18.5. The molecule has 2 aliphatic heterocycles. The van der Waals surface area contributed by atoms with E-state index >= 15 is 0 Å². The van der Waals surface area contributed by atoms with E-state index in [-0.39, 0.29) is 16.6 Å². The van der Waals surface area contributed by atoms with Crippen LogP contribution in [0.1, 0.15) is 36.2 Å².